The van der Waals surface area contributed by atoms with Crippen LogP contribution in [-0.4, -0.2) is 42.6 Å². The van der Waals surface area contributed by atoms with Crippen LogP contribution in [0.1, 0.15) is 5.56 Å². The number of nitrogens with zero attached hydrogens (tertiary/aromatic N) is 2. The van der Waals surface area contributed by atoms with Gasteiger partial charge >= 0.3 is 0 Å². The van der Waals surface area contributed by atoms with Gasteiger partial charge in [0.15, 0.2) is 0 Å². The minimum atomic E-state index is 1.08. The number of pyridine rings is 1. The fourth-order valence-corrected chi connectivity index (χ4v) is 2.23. The first kappa shape index (κ1) is 11.0. The molecule has 2 rings (SSSR count). The first-order chi connectivity index (χ1) is 7.36. The van der Waals surface area contributed by atoms with E-state index in [1.165, 1.54) is 10.0 Å². The average molecular weight is 270 g/mol. The van der Waals surface area contributed by atoms with Gasteiger partial charge in [0, 0.05) is 49.6 Å². The molecule has 0 bridgehead atoms. The zero-order valence-electron chi connectivity index (χ0n) is 8.75. The third-order valence-corrected chi connectivity index (χ3v) is 3.52. The molecule has 2 heterocycles. The molecule has 1 aliphatic rings. The summed E-state index contributed by atoms with van der Waals surface area (Å²) in [5.41, 5.74) is 1.30. The lowest BCUT2D eigenvalue weighted by Crippen LogP contribution is -2.44. The van der Waals surface area contributed by atoms with Gasteiger partial charge in [-0.3, -0.25) is 4.98 Å². The Labute approximate surface area is 99.0 Å². The summed E-state index contributed by atoms with van der Waals surface area (Å²) >= 11 is 3.55. The van der Waals surface area contributed by atoms with Gasteiger partial charge in [-0.25, -0.2) is 0 Å². The lowest BCUT2D eigenvalue weighted by molar-refractivity contribution is 0.243. The Kier molecular flexibility index (Phi) is 4.11. The SMILES string of the molecule is Brc1ccncc1CCN1CCNCC1. The van der Waals surface area contributed by atoms with E-state index in [0.29, 0.717) is 0 Å². The Balaban J connectivity index is 1.84. The van der Waals surface area contributed by atoms with Crippen LogP contribution in [0.4, 0.5) is 0 Å². The molecule has 4 heteroatoms. The Morgan fingerprint density at radius 1 is 1.40 bits per heavy atom. The molecule has 0 spiro atoms. The number of rotatable bonds is 3. The molecule has 82 valence electrons. The summed E-state index contributed by atoms with van der Waals surface area (Å²) in [6, 6.07) is 2.01. The van der Waals surface area contributed by atoms with Crippen molar-refractivity contribution in [2.45, 2.75) is 6.42 Å². The molecule has 3 nitrogen and oxygen atoms in total. The summed E-state index contributed by atoms with van der Waals surface area (Å²) < 4.78 is 1.17. The highest BCUT2D eigenvalue weighted by atomic mass is 79.9. The van der Waals surface area contributed by atoms with Gasteiger partial charge < -0.3 is 10.2 Å². The number of piperazine rings is 1. The summed E-state index contributed by atoms with van der Waals surface area (Å²) in [7, 11) is 0. The summed E-state index contributed by atoms with van der Waals surface area (Å²) in [5, 5.41) is 3.36. The number of aromatic nitrogens is 1. The van der Waals surface area contributed by atoms with Crippen molar-refractivity contribution in [3.8, 4) is 0 Å². The van der Waals surface area contributed by atoms with Gasteiger partial charge in [0.05, 0.1) is 0 Å². The van der Waals surface area contributed by atoms with Crippen LogP contribution in [0.2, 0.25) is 0 Å². The first-order valence-electron chi connectivity index (χ1n) is 5.38. The second kappa shape index (κ2) is 5.58. The number of nitrogens with one attached hydrogen (secondary N) is 1. The highest BCUT2D eigenvalue weighted by Gasteiger charge is 2.09. The zero-order valence-corrected chi connectivity index (χ0v) is 10.3. The monoisotopic (exact) mass is 269 g/mol. The lowest BCUT2D eigenvalue weighted by Gasteiger charge is -2.27. The van der Waals surface area contributed by atoms with Crippen LogP contribution in [0.15, 0.2) is 22.9 Å². The second-order valence-corrected chi connectivity index (χ2v) is 4.66. The quantitative estimate of drug-likeness (QED) is 0.897. The summed E-state index contributed by atoms with van der Waals surface area (Å²) in [5.74, 6) is 0. The largest absolute Gasteiger partial charge is 0.314 e. The van der Waals surface area contributed by atoms with Crippen LogP contribution in [0.5, 0.6) is 0 Å². The fraction of sp³-hybridized carbons (Fsp3) is 0.545. The molecule has 0 unspecified atom stereocenters. The van der Waals surface area contributed by atoms with E-state index < -0.39 is 0 Å². The number of hydrogen-bond donors (Lipinski definition) is 1. The van der Waals surface area contributed by atoms with E-state index in [4.69, 9.17) is 0 Å². The van der Waals surface area contributed by atoms with Crippen molar-refractivity contribution in [1.82, 2.24) is 15.2 Å². The van der Waals surface area contributed by atoms with Crippen molar-refractivity contribution >= 4 is 15.9 Å². The topological polar surface area (TPSA) is 28.2 Å². The summed E-state index contributed by atoms with van der Waals surface area (Å²) in [6.45, 7) is 5.70. The predicted octanol–water partition coefficient (Wildman–Crippen LogP) is 1.29. The molecule has 0 radical (unpaired) electrons. The van der Waals surface area contributed by atoms with Crippen LogP contribution >= 0.6 is 15.9 Å². The van der Waals surface area contributed by atoms with Crippen LogP contribution in [0.25, 0.3) is 0 Å². The van der Waals surface area contributed by atoms with Gasteiger partial charge in [-0.2, -0.15) is 0 Å². The number of halogens is 1. The van der Waals surface area contributed by atoms with Crippen molar-refractivity contribution in [1.29, 1.82) is 0 Å². The molecule has 1 aromatic heterocycles. The summed E-state index contributed by atoms with van der Waals surface area (Å²) in [6.07, 6.45) is 4.85. The van der Waals surface area contributed by atoms with E-state index in [2.05, 4.69) is 31.1 Å². The van der Waals surface area contributed by atoms with Crippen LogP contribution < -0.4 is 5.32 Å². The van der Waals surface area contributed by atoms with E-state index in [1.54, 1.807) is 0 Å². The fourth-order valence-electron chi connectivity index (χ4n) is 1.81. The molecule has 0 amide bonds. The molecule has 1 saturated heterocycles. The molecule has 1 aromatic rings. The molecular formula is C11H16BrN3. The van der Waals surface area contributed by atoms with Gasteiger partial charge in [-0.15, -0.1) is 0 Å². The van der Waals surface area contributed by atoms with Gasteiger partial charge in [-0.05, 0) is 18.1 Å². The van der Waals surface area contributed by atoms with E-state index in [9.17, 15) is 0 Å². The molecule has 0 aliphatic carbocycles. The minimum absolute atomic E-state index is 1.08. The van der Waals surface area contributed by atoms with E-state index in [0.717, 1.165) is 39.1 Å². The zero-order chi connectivity index (χ0) is 10.5. The number of hydrogen-bond acceptors (Lipinski definition) is 3. The van der Waals surface area contributed by atoms with E-state index in [1.807, 2.05) is 18.5 Å². The van der Waals surface area contributed by atoms with Crippen molar-refractivity contribution < 1.29 is 0 Å². The van der Waals surface area contributed by atoms with Crippen LogP contribution in [0, 0.1) is 0 Å². The minimum Gasteiger partial charge on any atom is -0.314 e. The Morgan fingerprint density at radius 3 is 2.93 bits per heavy atom. The van der Waals surface area contributed by atoms with E-state index in [-0.39, 0.29) is 0 Å². The third-order valence-electron chi connectivity index (χ3n) is 2.75. The maximum absolute atomic E-state index is 4.15. The average Bonchev–Trinajstić information content (AvgIpc) is 2.29. The molecule has 0 aromatic carbocycles. The highest BCUT2D eigenvalue weighted by molar-refractivity contribution is 9.10. The molecule has 15 heavy (non-hydrogen) atoms. The lowest BCUT2D eigenvalue weighted by atomic mass is 10.2. The van der Waals surface area contributed by atoms with Crippen LogP contribution in [-0.2, 0) is 6.42 Å². The highest BCUT2D eigenvalue weighted by Crippen LogP contribution is 2.15. The van der Waals surface area contributed by atoms with Crippen LogP contribution in [0.3, 0.4) is 0 Å². The van der Waals surface area contributed by atoms with Crippen molar-refractivity contribution in [2.75, 3.05) is 32.7 Å². The van der Waals surface area contributed by atoms with Gasteiger partial charge in [0.1, 0.15) is 0 Å². The predicted molar refractivity (Wildman–Crippen MR) is 65.0 cm³/mol. The molecular weight excluding hydrogens is 254 g/mol. The normalized spacial score (nSPS) is 17.9. The van der Waals surface area contributed by atoms with Gasteiger partial charge in [0.25, 0.3) is 0 Å². The molecule has 1 N–H and O–H groups in total. The van der Waals surface area contributed by atoms with Crippen molar-refractivity contribution in [3.05, 3.63) is 28.5 Å². The molecule has 0 atom stereocenters. The van der Waals surface area contributed by atoms with Gasteiger partial charge in [-0.1, -0.05) is 15.9 Å². The second-order valence-electron chi connectivity index (χ2n) is 3.81. The van der Waals surface area contributed by atoms with Gasteiger partial charge in [0.2, 0.25) is 0 Å². The first-order valence-corrected chi connectivity index (χ1v) is 6.17. The molecule has 0 saturated carbocycles. The Hall–Kier alpha value is -0.450. The van der Waals surface area contributed by atoms with Crippen molar-refractivity contribution in [2.24, 2.45) is 0 Å². The maximum Gasteiger partial charge on any atom is 0.0311 e. The molecule has 1 fully saturated rings. The Bertz CT molecular complexity index is 310. The summed E-state index contributed by atoms with van der Waals surface area (Å²) in [4.78, 5) is 6.64. The smallest absolute Gasteiger partial charge is 0.0311 e. The Morgan fingerprint density at radius 2 is 2.20 bits per heavy atom. The van der Waals surface area contributed by atoms with Crippen molar-refractivity contribution in [3.63, 3.8) is 0 Å². The third kappa shape index (κ3) is 3.26. The standard InChI is InChI=1S/C11H16BrN3/c12-11-1-3-14-9-10(11)2-6-15-7-4-13-5-8-15/h1,3,9,13H,2,4-8H2. The molecule has 1 aliphatic heterocycles. The maximum atomic E-state index is 4.15. The van der Waals surface area contributed by atoms with E-state index >= 15 is 0 Å².